The van der Waals surface area contributed by atoms with Gasteiger partial charge in [-0.05, 0) is 35.5 Å². The van der Waals surface area contributed by atoms with Gasteiger partial charge in [-0.2, -0.15) is 0 Å². The molecule has 2 aliphatic rings. The molecular weight excluding hydrogens is 286 g/mol. The van der Waals surface area contributed by atoms with E-state index in [2.05, 4.69) is 0 Å². The molecule has 0 aromatic rings. The van der Waals surface area contributed by atoms with Crippen molar-refractivity contribution in [2.45, 2.75) is 12.6 Å². The van der Waals surface area contributed by atoms with Gasteiger partial charge in [0.1, 0.15) is 0 Å². The van der Waals surface area contributed by atoms with E-state index in [0.717, 1.165) is 24.8 Å². The summed E-state index contributed by atoms with van der Waals surface area (Å²) < 4.78 is 74.0. The third-order valence-corrected chi connectivity index (χ3v) is 2.58. The van der Waals surface area contributed by atoms with Crippen LogP contribution < -0.4 is 0 Å². The van der Waals surface area contributed by atoms with Crippen LogP contribution >= 0.6 is 0 Å². The number of hydrogen-bond acceptors (Lipinski definition) is 2. The smallest absolute Gasteiger partial charge is 0.266 e. The van der Waals surface area contributed by atoms with Crippen LogP contribution in [0.2, 0.25) is 0 Å². The minimum atomic E-state index is -4.52. The Bertz CT molecular complexity index is 453. The Morgan fingerprint density at radius 3 is 1.00 bits per heavy atom. The Balaban J connectivity index is 2.16. The summed E-state index contributed by atoms with van der Waals surface area (Å²) in [7, 11) is 0. The first-order valence-corrected chi connectivity index (χ1v) is 5.35. The Hall–Kier alpha value is -2.12. The van der Waals surface area contributed by atoms with Gasteiger partial charge in [-0.25, -0.2) is 0 Å². The lowest BCUT2D eigenvalue weighted by molar-refractivity contribution is -0.211. The molecule has 2 aliphatic heterocycles. The van der Waals surface area contributed by atoms with Crippen molar-refractivity contribution in [3.05, 3.63) is 60.3 Å². The van der Waals surface area contributed by atoms with Crippen LogP contribution in [0.5, 0.6) is 0 Å². The molecule has 0 radical (unpaired) electrons. The second-order valence-electron chi connectivity index (χ2n) is 3.92. The van der Waals surface area contributed by atoms with Crippen molar-refractivity contribution < 1.29 is 26.3 Å². The first-order chi connectivity index (χ1) is 9.18. The number of rotatable bonds is 0. The SMILES string of the molecule is FC(F)(F)N1C=CC(=C2C=CN(C(F)(F)F)C=C2)C=C1. The Morgan fingerprint density at radius 1 is 0.550 bits per heavy atom. The van der Waals surface area contributed by atoms with Gasteiger partial charge < -0.3 is 0 Å². The van der Waals surface area contributed by atoms with Gasteiger partial charge in [-0.3, -0.25) is 9.80 Å². The summed E-state index contributed by atoms with van der Waals surface area (Å²) in [5.74, 6) is 0. The summed E-state index contributed by atoms with van der Waals surface area (Å²) in [6.07, 6.45) is -1.09. The van der Waals surface area contributed by atoms with Crippen molar-refractivity contribution >= 4 is 0 Å². The predicted molar refractivity (Wildman–Crippen MR) is 59.4 cm³/mol. The number of halogens is 6. The molecular formula is C12H8F6N2. The summed E-state index contributed by atoms with van der Waals surface area (Å²) in [6, 6.07) is 0. The fraction of sp³-hybridized carbons (Fsp3) is 0.167. The average molecular weight is 294 g/mol. The molecule has 0 amide bonds. The molecule has 0 fully saturated rings. The average Bonchev–Trinajstić information content (AvgIpc) is 2.37. The Morgan fingerprint density at radius 2 is 0.800 bits per heavy atom. The van der Waals surface area contributed by atoms with Crippen LogP contribution in [0, 0.1) is 0 Å². The minimum Gasteiger partial charge on any atom is -0.266 e. The van der Waals surface area contributed by atoms with Crippen molar-refractivity contribution in [1.82, 2.24) is 9.80 Å². The maximum Gasteiger partial charge on any atom is 0.488 e. The van der Waals surface area contributed by atoms with Crippen LogP contribution in [-0.2, 0) is 0 Å². The highest BCUT2D eigenvalue weighted by atomic mass is 19.4. The van der Waals surface area contributed by atoms with Gasteiger partial charge in [0, 0.05) is 24.8 Å². The maximum absolute atomic E-state index is 12.3. The molecule has 108 valence electrons. The van der Waals surface area contributed by atoms with E-state index in [0.29, 0.717) is 11.1 Å². The number of nitrogens with zero attached hydrogens (tertiary/aromatic N) is 2. The minimum absolute atomic E-state index is 0.0509. The van der Waals surface area contributed by atoms with Crippen LogP contribution in [-0.4, -0.2) is 22.4 Å². The van der Waals surface area contributed by atoms with Crippen LogP contribution in [0.1, 0.15) is 0 Å². The van der Waals surface area contributed by atoms with Crippen LogP contribution in [0.15, 0.2) is 60.3 Å². The van der Waals surface area contributed by atoms with E-state index in [-0.39, 0.29) is 9.80 Å². The fourth-order valence-corrected chi connectivity index (χ4v) is 1.58. The summed E-state index contributed by atoms with van der Waals surface area (Å²) >= 11 is 0. The molecule has 0 bridgehead atoms. The van der Waals surface area contributed by atoms with Gasteiger partial charge in [-0.1, -0.05) is 0 Å². The van der Waals surface area contributed by atoms with Gasteiger partial charge in [0.2, 0.25) is 0 Å². The molecule has 2 nitrogen and oxygen atoms in total. The zero-order chi connectivity index (χ0) is 15.0. The predicted octanol–water partition coefficient (Wildman–Crippen LogP) is 4.01. The van der Waals surface area contributed by atoms with Crippen LogP contribution in [0.25, 0.3) is 0 Å². The third-order valence-electron chi connectivity index (χ3n) is 2.58. The molecule has 2 rings (SSSR count). The van der Waals surface area contributed by atoms with E-state index >= 15 is 0 Å². The molecule has 0 N–H and O–H groups in total. The third kappa shape index (κ3) is 3.06. The molecule has 2 heterocycles. The van der Waals surface area contributed by atoms with Crippen LogP contribution in [0.3, 0.4) is 0 Å². The molecule has 0 spiro atoms. The van der Waals surface area contributed by atoms with E-state index in [1.54, 1.807) is 0 Å². The molecule has 0 atom stereocenters. The zero-order valence-electron chi connectivity index (χ0n) is 9.78. The van der Waals surface area contributed by atoms with Crippen molar-refractivity contribution in [1.29, 1.82) is 0 Å². The van der Waals surface area contributed by atoms with Crippen molar-refractivity contribution in [2.75, 3.05) is 0 Å². The quantitative estimate of drug-likeness (QED) is 0.492. The standard InChI is InChI=1S/C12H8F6N2/c13-11(14,15)19-5-1-9(2-6-19)10-3-7-20(8-4-10)12(16,17)18/h1-8H. The van der Waals surface area contributed by atoms with Gasteiger partial charge in [0.25, 0.3) is 0 Å². The van der Waals surface area contributed by atoms with E-state index in [1.807, 2.05) is 0 Å². The number of alkyl halides is 6. The second kappa shape index (κ2) is 4.77. The largest absolute Gasteiger partial charge is 0.488 e. The van der Waals surface area contributed by atoms with Crippen molar-refractivity contribution in [3.8, 4) is 0 Å². The lowest BCUT2D eigenvalue weighted by Crippen LogP contribution is -2.30. The van der Waals surface area contributed by atoms with Crippen LogP contribution in [0.4, 0.5) is 26.3 Å². The summed E-state index contributed by atoms with van der Waals surface area (Å²) in [5, 5.41) is 0. The zero-order valence-corrected chi connectivity index (χ0v) is 9.78. The number of hydrogen-bond donors (Lipinski definition) is 0. The number of allylic oxidation sites excluding steroid dienone is 6. The molecule has 8 heteroatoms. The molecule has 0 aliphatic carbocycles. The van der Waals surface area contributed by atoms with Gasteiger partial charge in [0.15, 0.2) is 0 Å². The maximum atomic E-state index is 12.3. The molecule has 0 saturated carbocycles. The van der Waals surface area contributed by atoms with Gasteiger partial charge in [-0.15, -0.1) is 26.3 Å². The molecule has 20 heavy (non-hydrogen) atoms. The van der Waals surface area contributed by atoms with Crippen molar-refractivity contribution in [3.63, 3.8) is 0 Å². The van der Waals surface area contributed by atoms with Gasteiger partial charge in [0.05, 0.1) is 0 Å². The highest BCUT2D eigenvalue weighted by Crippen LogP contribution is 2.29. The van der Waals surface area contributed by atoms with E-state index in [1.165, 1.54) is 24.3 Å². The van der Waals surface area contributed by atoms with E-state index in [4.69, 9.17) is 0 Å². The van der Waals surface area contributed by atoms with Gasteiger partial charge >= 0.3 is 12.6 Å². The molecule has 0 unspecified atom stereocenters. The van der Waals surface area contributed by atoms with E-state index < -0.39 is 12.6 Å². The Kier molecular flexibility index (Phi) is 3.41. The van der Waals surface area contributed by atoms with Crippen molar-refractivity contribution in [2.24, 2.45) is 0 Å². The normalized spacial score (nSPS) is 19.3. The Labute approximate surface area is 110 Å². The summed E-state index contributed by atoms with van der Waals surface area (Å²) in [6.45, 7) is 0. The second-order valence-corrected chi connectivity index (χ2v) is 3.92. The monoisotopic (exact) mass is 294 g/mol. The lowest BCUT2D eigenvalue weighted by Gasteiger charge is -2.23. The summed E-state index contributed by atoms with van der Waals surface area (Å²) in [4.78, 5) is 0.102. The summed E-state index contributed by atoms with van der Waals surface area (Å²) in [5.41, 5.74) is 0.777. The first kappa shape index (κ1) is 14.3. The first-order valence-electron chi connectivity index (χ1n) is 5.35. The molecule has 0 aromatic carbocycles. The fourth-order valence-electron chi connectivity index (χ4n) is 1.58. The topological polar surface area (TPSA) is 6.48 Å². The lowest BCUT2D eigenvalue weighted by atomic mass is 10.1. The molecule has 0 saturated heterocycles. The highest BCUT2D eigenvalue weighted by Gasteiger charge is 2.35. The highest BCUT2D eigenvalue weighted by molar-refractivity contribution is 5.49. The molecule has 0 aromatic heterocycles. The van der Waals surface area contributed by atoms with E-state index in [9.17, 15) is 26.3 Å².